The van der Waals surface area contributed by atoms with Gasteiger partial charge in [0.2, 0.25) is 5.91 Å². The molecule has 0 saturated heterocycles. The van der Waals surface area contributed by atoms with Crippen LogP contribution < -0.4 is 10.2 Å². The van der Waals surface area contributed by atoms with Crippen LogP contribution in [0.1, 0.15) is 25.0 Å². The average Bonchev–Trinajstić information content (AvgIpc) is 2.73. The molecule has 2 rings (SSSR count). The van der Waals surface area contributed by atoms with Gasteiger partial charge in [-0.1, -0.05) is 13.0 Å². The molecule has 0 radical (unpaired) electrons. The molecule has 21 heavy (non-hydrogen) atoms. The third-order valence-electron chi connectivity index (χ3n) is 3.52. The van der Waals surface area contributed by atoms with Gasteiger partial charge < -0.3 is 20.2 Å². The van der Waals surface area contributed by atoms with E-state index in [1.807, 2.05) is 24.0 Å². The predicted octanol–water partition coefficient (Wildman–Crippen LogP) is 0.977. The number of carbonyl (C=O) groups is 2. The molecule has 0 aliphatic carbocycles. The van der Waals surface area contributed by atoms with Crippen molar-refractivity contribution in [2.45, 2.75) is 19.4 Å². The molecule has 1 atom stereocenters. The summed E-state index contributed by atoms with van der Waals surface area (Å²) in [6.07, 6.45) is -0.190. The van der Waals surface area contributed by atoms with Crippen molar-refractivity contribution in [3.63, 3.8) is 0 Å². The maximum Gasteiger partial charge on any atom is 0.257 e. The molecule has 0 saturated carbocycles. The Morgan fingerprint density at radius 3 is 2.71 bits per heavy atom. The number of aliphatic hydroxyl groups is 1. The fraction of sp³-hybridized carbons (Fsp3) is 0.467. The van der Waals surface area contributed by atoms with Gasteiger partial charge in [0.1, 0.15) is 0 Å². The topological polar surface area (TPSA) is 72.9 Å². The molecule has 6 heteroatoms. The second-order valence-corrected chi connectivity index (χ2v) is 5.37. The lowest BCUT2D eigenvalue weighted by Gasteiger charge is -2.25. The minimum absolute atomic E-state index is 0.0213. The lowest BCUT2D eigenvalue weighted by atomic mass is 10.1. The van der Waals surface area contributed by atoms with E-state index >= 15 is 0 Å². The Hall–Kier alpha value is -2.08. The molecule has 1 aliphatic heterocycles. The summed E-state index contributed by atoms with van der Waals surface area (Å²) in [5.74, 6) is -0.387. The highest BCUT2D eigenvalue weighted by Crippen LogP contribution is 2.33. The molecule has 0 aromatic heterocycles. The number of nitrogens with one attached hydrogen (secondary N) is 1. The van der Waals surface area contributed by atoms with Crippen LogP contribution in [-0.4, -0.2) is 49.0 Å². The van der Waals surface area contributed by atoms with Crippen LogP contribution in [0.2, 0.25) is 0 Å². The summed E-state index contributed by atoms with van der Waals surface area (Å²) >= 11 is 0. The fourth-order valence-electron chi connectivity index (χ4n) is 2.30. The number of rotatable bonds is 5. The van der Waals surface area contributed by atoms with Crippen molar-refractivity contribution >= 4 is 23.2 Å². The van der Waals surface area contributed by atoms with E-state index in [1.165, 1.54) is 0 Å². The van der Waals surface area contributed by atoms with Crippen molar-refractivity contribution in [1.82, 2.24) is 4.90 Å². The predicted molar refractivity (Wildman–Crippen MR) is 81.2 cm³/mol. The third-order valence-corrected chi connectivity index (χ3v) is 3.52. The first kappa shape index (κ1) is 15.3. The summed E-state index contributed by atoms with van der Waals surface area (Å²) in [6, 6.07) is 5.37. The van der Waals surface area contributed by atoms with Crippen molar-refractivity contribution in [1.29, 1.82) is 0 Å². The van der Waals surface area contributed by atoms with Gasteiger partial charge in [-0.25, -0.2) is 0 Å². The highest BCUT2D eigenvalue weighted by atomic mass is 16.3. The highest BCUT2D eigenvalue weighted by molar-refractivity contribution is 6.02. The number of hydrogen-bond acceptors (Lipinski definition) is 4. The number of fused-ring (bicyclic) bond motifs is 1. The molecule has 2 amide bonds. The van der Waals surface area contributed by atoms with E-state index in [2.05, 4.69) is 5.32 Å². The Morgan fingerprint density at radius 1 is 1.38 bits per heavy atom. The van der Waals surface area contributed by atoms with Crippen LogP contribution in [0.4, 0.5) is 11.4 Å². The lowest BCUT2D eigenvalue weighted by Crippen LogP contribution is -2.37. The summed E-state index contributed by atoms with van der Waals surface area (Å²) in [7, 11) is 3.46. The van der Waals surface area contributed by atoms with Crippen molar-refractivity contribution < 1.29 is 14.7 Å². The van der Waals surface area contributed by atoms with Crippen LogP contribution in [-0.2, 0) is 9.59 Å². The first-order valence-electron chi connectivity index (χ1n) is 7.02. The molecule has 1 aromatic rings. The molecule has 1 aromatic carbocycles. The summed E-state index contributed by atoms with van der Waals surface area (Å²) < 4.78 is 0. The maximum atomic E-state index is 11.9. The molecule has 1 aliphatic rings. The largest absolute Gasteiger partial charge is 0.378 e. The number of carbonyl (C=O) groups excluding carboxylic acids is 2. The Kier molecular flexibility index (Phi) is 4.47. The molecule has 0 spiro atoms. The smallest absolute Gasteiger partial charge is 0.257 e. The monoisotopic (exact) mass is 291 g/mol. The SMILES string of the molecule is CCCN(CC(=O)N(C)C)c1ccc2c(c1)NC(=O)C2O. The number of aliphatic hydroxyl groups excluding tert-OH is 1. The summed E-state index contributed by atoms with van der Waals surface area (Å²) in [6.45, 7) is 3.08. The quantitative estimate of drug-likeness (QED) is 0.848. The van der Waals surface area contributed by atoms with Crippen LogP contribution in [0.25, 0.3) is 0 Å². The summed E-state index contributed by atoms with van der Waals surface area (Å²) in [5.41, 5.74) is 2.06. The number of hydrogen-bond donors (Lipinski definition) is 2. The second kappa shape index (κ2) is 6.13. The molecular formula is C15H21N3O3. The summed E-state index contributed by atoms with van der Waals surface area (Å²) in [5, 5.41) is 12.4. The van der Waals surface area contributed by atoms with E-state index < -0.39 is 12.0 Å². The molecule has 6 nitrogen and oxygen atoms in total. The molecule has 114 valence electrons. The average molecular weight is 291 g/mol. The number of amides is 2. The maximum absolute atomic E-state index is 11.9. The van der Waals surface area contributed by atoms with Gasteiger partial charge in [0.15, 0.2) is 6.10 Å². The van der Waals surface area contributed by atoms with E-state index in [9.17, 15) is 14.7 Å². The minimum Gasteiger partial charge on any atom is -0.378 e. The van der Waals surface area contributed by atoms with E-state index in [4.69, 9.17) is 0 Å². The Morgan fingerprint density at radius 2 is 2.10 bits per heavy atom. The van der Waals surface area contributed by atoms with Crippen molar-refractivity contribution in [2.24, 2.45) is 0 Å². The van der Waals surface area contributed by atoms with Gasteiger partial charge in [-0.3, -0.25) is 9.59 Å². The second-order valence-electron chi connectivity index (χ2n) is 5.37. The molecule has 0 fully saturated rings. The molecule has 2 N–H and O–H groups in total. The molecular weight excluding hydrogens is 270 g/mol. The van der Waals surface area contributed by atoms with E-state index in [0.29, 0.717) is 11.3 Å². The number of likely N-dealkylation sites (N-methyl/N-ethyl adjacent to an activating group) is 1. The standard InChI is InChI=1S/C15H21N3O3/c1-4-7-18(9-13(19)17(2)3)10-5-6-11-12(8-10)16-15(21)14(11)20/h5-6,8,14,20H,4,7,9H2,1-3H3,(H,16,21). The minimum atomic E-state index is -1.10. The van der Waals surface area contributed by atoms with Crippen molar-refractivity contribution in [2.75, 3.05) is 37.4 Å². The molecule has 1 heterocycles. The van der Waals surface area contributed by atoms with Crippen LogP contribution in [0.3, 0.4) is 0 Å². The zero-order chi connectivity index (χ0) is 15.6. The summed E-state index contributed by atoms with van der Waals surface area (Å²) in [4.78, 5) is 26.9. The first-order valence-corrected chi connectivity index (χ1v) is 7.02. The zero-order valence-corrected chi connectivity index (χ0v) is 12.6. The van der Waals surface area contributed by atoms with Gasteiger partial charge in [0.05, 0.1) is 6.54 Å². The lowest BCUT2D eigenvalue weighted by molar-refractivity contribution is -0.127. The van der Waals surface area contributed by atoms with Gasteiger partial charge in [0, 0.05) is 37.6 Å². The van der Waals surface area contributed by atoms with Crippen molar-refractivity contribution in [3.05, 3.63) is 23.8 Å². The Balaban J connectivity index is 2.24. The molecule has 0 bridgehead atoms. The van der Waals surface area contributed by atoms with Gasteiger partial charge in [0.25, 0.3) is 5.91 Å². The van der Waals surface area contributed by atoms with Gasteiger partial charge in [-0.2, -0.15) is 0 Å². The van der Waals surface area contributed by atoms with E-state index in [1.54, 1.807) is 25.1 Å². The van der Waals surface area contributed by atoms with Gasteiger partial charge >= 0.3 is 0 Å². The van der Waals surface area contributed by atoms with Gasteiger partial charge in [-0.05, 0) is 18.6 Å². The van der Waals surface area contributed by atoms with Crippen LogP contribution in [0.15, 0.2) is 18.2 Å². The normalized spacial score (nSPS) is 16.4. The number of nitrogens with zero attached hydrogens (tertiary/aromatic N) is 2. The van der Waals surface area contributed by atoms with Gasteiger partial charge in [-0.15, -0.1) is 0 Å². The fourth-order valence-corrected chi connectivity index (χ4v) is 2.30. The van der Waals surface area contributed by atoms with E-state index in [0.717, 1.165) is 18.7 Å². The molecule has 1 unspecified atom stereocenters. The van der Waals surface area contributed by atoms with Crippen LogP contribution in [0.5, 0.6) is 0 Å². The zero-order valence-electron chi connectivity index (χ0n) is 12.6. The Bertz CT molecular complexity index is 557. The van der Waals surface area contributed by atoms with Crippen LogP contribution in [0, 0.1) is 0 Å². The number of anilines is 2. The Labute approximate surface area is 124 Å². The highest BCUT2D eigenvalue weighted by Gasteiger charge is 2.29. The number of benzene rings is 1. The third kappa shape index (κ3) is 3.16. The van der Waals surface area contributed by atoms with Crippen molar-refractivity contribution in [3.8, 4) is 0 Å². The van der Waals surface area contributed by atoms with E-state index in [-0.39, 0.29) is 12.5 Å². The van der Waals surface area contributed by atoms with Crippen LogP contribution >= 0.6 is 0 Å². The first-order chi connectivity index (χ1) is 9.93.